The average molecular weight is 390 g/mol. The molecule has 0 saturated carbocycles. The van der Waals surface area contributed by atoms with Gasteiger partial charge in [-0.25, -0.2) is 4.79 Å². The van der Waals surface area contributed by atoms with Crippen LogP contribution in [0.2, 0.25) is 0 Å². The molecule has 0 aromatic heterocycles. The molecule has 2 aliphatic rings. The third kappa shape index (κ3) is 1.96. The molecule has 98 valence electrons. The number of benzene rings is 1. The fourth-order valence-electron chi connectivity index (χ4n) is 1.92. The van der Waals surface area contributed by atoms with Crippen LogP contribution in [0.1, 0.15) is 5.56 Å². The second kappa shape index (κ2) is 4.06. The molecule has 8 heteroatoms. The van der Waals surface area contributed by atoms with Gasteiger partial charge in [-0.05, 0) is 34.1 Å². The molecule has 1 aromatic rings. The molecule has 6 nitrogen and oxygen atoms in total. The summed E-state index contributed by atoms with van der Waals surface area (Å²) in [7, 11) is 0. The van der Waals surface area contributed by atoms with Crippen molar-refractivity contribution in [3.8, 4) is 5.75 Å². The number of halogens is 2. The molecule has 2 heterocycles. The van der Waals surface area contributed by atoms with Gasteiger partial charge in [0.05, 0.1) is 4.47 Å². The normalized spacial score (nSPS) is 24.5. The molecule has 0 unspecified atom stereocenters. The van der Waals surface area contributed by atoms with E-state index in [4.69, 9.17) is 4.74 Å². The SMILES string of the molecule is O=C1NC(=O)C2=Cc3cc(Br)cc(Br)c3O[C@]2(O)N1. The number of amides is 3. The fourth-order valence-corrected chi connectivity index (χ4v) is 3.26. The van der Waals surface area contributed by atoms with Gasteiger partial charge in [-0.15, -0.1) is 0 Å². The molecule has 0 radical (unpaired) electrons. The van der Waals surface area contributed by atoms with Gasteiger partial charge >= 0.3 is 11.9 Å². The lowest BCUT2D eigenvalue weighted by Gasteiger charge is -2.37. The Morgan fingerprint density at radius 1 is 1.26 bits per heavy atom. The second-order valence-corrected chi connectivity index (χ2v) is 5.79. The fraction of sp³-hybridized carbons (Fsp3) is 0.0909. The van der Waals surface area contributed by atoms with Crippen molar-refractivity contribution in [2.24, 2.45) is 0 Å². The molecular weight excluding hydrogens is 384 g/mol. The van der Waals surface area contributed by atoms with Crippen molar-refractivity contribution in [3.05, 3.63) is 32.2 Å². The number of carbonyl (C=O) groups excluding carboxylic acids is 2. The first-order chi connectivity index (χ1) is 8.89. The van der Waals surface area contributed by atoms with E-state index in [0.29, 0.717) is 15.8 Å². The number of imide groups is 1. The van der Waals surface area contributed by atoms with Gasteiger partial charge in [0.25, 0.3) is 5.91 Å². The molecule has 3 rings (SSSR count). The summed E-state index contributed by atoms with van der Waals surface area (Å²) in [6.45, 7) is 0. The molecule has 1 aromatic carbocycles. The van der Waals surface area contributed by atoms with Gasteiger partial charge in [0, 0.05) is 10.0 Å². The number of ether oxygens (including phenoxy) is 1. The van der Waals surface area contributed by atoms with Gasteiger partial charge in [-0.2, -0.15) is 0 Å². The van der Waals surface area contributed by atoms with Crippen LogP contribution in [0.25, 0.3) is 6.08 Å². The maximum atomic E-state index is 11.7. The van der Waals surface area contributed by atoms with Gasteiger partial charge in [0.1, 0.15) is 11.3 Å². The van der Waals surface area contributed by atoms with E-state index in [1.54, 1.807) is 12.1 Å². The van der Waals surface area contributed by atoms with Gasteiger partial charge in [0.15, 0.2) is 0 Å². The smallest absolute Gasteiger partial charge is 0.327 e. The molecule has 1 saturated heterocycles. The van der Waals surface area contributed by atoms with Gasteiger partial charge in [-0.1, -0.05) is 15.9 Å². The zero-order valence-corrected chi connectivity index (χ0v) is 12.3. The maximum Gasteiger partial charge on any atom is 0.327 e. The van der Waals surface area contributed by atoms with E-state index < -0.39 is 17.8 Å². The Labute approximate surface area is 124 Å². The monoisotopic (exact) mass is 388 g/mol. The third-order valence-corrected chi connectivity index (χ3v) is 3.75. The lowest BCUT2D eigenvalue weighted by Crippen LogP contribution is -2.65. The molecule has 0 spiro atoms. The van der Waals surface area contributed by atoms with Crippen LogP contribution >= 0.6 is 31.9 Å². The van der Waals surface area contributed by atoms with Crippen LogP contribution in [0.4, 0.5) is 4.79 Å². The van der Waals surface area contributed by atoms with Gasteiger partial charge in [-0.3, -0.25) is 15.4 Å². The zero-order chi connectivity index (χ0) is 13.8. The summed E-state index contributed by atoms with van der Waals surface area (Å²) in [4.78, 5) is 23.0. The molecule has 0 bridgehead atoms. The summed E-state index contributed by atoms with van der Waals surface area (Å²) in [5.41, 5.74) is 0.525. The summed E-state index contributed by atoms with van der Waals surface area (Å²) in [6.07, 6.45) is 1.46. The van der Waals surface area contributed by atoms with Crippen LogP contribution in [0.5, 0.6) is 5.75 Å². The number of carbonyl (C=O) groups is 2. The van der Waals surface area contributed by atoms with Gasteiger partial charge < -0.3 is 9.84 Å². The Kier molecular flexibility index (Phi) is 2.70. The molecule has 0 aliphatic carbocycles. The number of rotatable bonds is 0. The van der Waals surface area contributed by atoms with E-state index in [-0.39, 0.29) is 5.57 Å². The lowest BCUT2D eigenvalue weighted by atomic mass is 10.0. The van der Waals surface area contributed by atoms with Crippen molar-refractivity contribution in [2.45, 2.75) is 5.91 Å². The van der Waals surface area contributed by atoms with Crippen LogP contribution in [-0.2, 0) is 4.79 Å². The number of aliphatic hydroxyl groups is 1. The highest BCUT2D eigenvalue weighted by atomic mass is 79.9. The summed E-state index contributed by atoms with van der Waals surface area (Å²) >= 11 is 6.61. The Morgan fingerprint density at radius 3 is 2.74 bits per heavy atom. The molecule has 1 atom stereocenters. The van der Waals surface area contributed by atoms with Crippen molar-refractivity contribution >= 4 is 49.9 Å². The third-order valence-electron chi connectivity index (χ3n) is 2.71. The van der Waals surface area contributed by atoms with E-state index in [1.165, 1.54) is 6.08 Å². The second-order valence-electron chi connectivity index (χ2n) is 4.02. The molecule has 19 heavy (non-hydrogen) atoms. The number of hydrogen-bond donors (Lipinski definition) is 3. The quantitative estimate of drug-likeness (QED) is 0.627. The van der Waals surface area contributed by atoms with Crippen LogP contribution in [0.3, 0.4) is 0 Å². The van der Waals surface area contributed by atoms with Crippen molar-refractivity contribution in [3.63, 3.8) is 0 Å². The number of nitrogens with one attached hydrogen (secondary N) is 2. The van der Waals surface area contributed by atoms with Crippen LogP contribution in [0.15, 0.2) is 26.7 Å². The Balaban J connectivity index is 2.20. The van der Waals surface area contributed by atoms with Crippen molar-refractivity contribution in [1.82, 2.24) is 10.6 Å². The first-order valence-electron chi connectivity index (χ1n) is 5.15. The van der Waals surface area contributed by atoms with E-state index in [1.807, 2.05) is 5.32 Å². The van der Waals surface area contributed by atoms with E-state index in [2.05, 4.69) is 37.2 Å². The lowest BCUT2D eigenvalue weighted by molar-refractivity contribution is -0.145. The summed E-state index contributed by atoms with van der Waals surface area (Å²) in [5.74, 6) is -2.51. The highest BCUT2D eigenvalue weighted by molar-refractivity contribution is 9.11. The highest BCUT2D eigenvalue weighted by Gasteiger charge is 2.47. The van der Waals surface area contributed by atoms with E-state index >= 15 is 0 Å². The Morgan fingerprint density at radius 2 is 2.00 bits per heavy atom. The molecule has 2 aliphatic heterocycles. The van der Waals surface area contributed by atoms with Crippen molar-refractivity contribution in [2.75, 3.05) is 0 Å². The predicted molar refractivity (Wildman–Crippen MR) is 72.1 cm³/mol. The largest absolute Gasteiger partial charge is 0.439 e. The number of fused-ring (bicyclic) bond motifs is 2. The van der Waals surface area contributed by atoms with Crippen LogP contribution in [0, 0.1) is 0 Å². The average Bonchev–Trinajstić information content (AvgIpc) is 2.27. The molecule has 3 amide bonds. The minimum absolute atomic E-state index is 0.0791. The standard InChI is InChI=1S/C11H6Br2N2O4/c12-5-1-4-2-6-9(16)14-10(17)15-11(6,18)19-8(4)7(13)3-5/h1-3,18H,(H2,14,15,16,17)/t11-/m0/s1. The number of urea groups is 1. The highest BCUT2D eigenvalue weighted by Crippen LogP contribution is 2.41. The van der Waals surface area contributed by atoms with Crippen LogP contribution < -0.4 is 15.4 Å². The minimum atomic E-state index is -2.15. The molecule has 1 fully saturated rings. The first kappa shape index (κ1) is 12.6. The minimum Gasteiger partial charge on any atom is -0.439 e. The maximum absolute atomic E-state index is 11.7. The molecule has 3 N–H and O–H groups in total. The first-order valence-corrected chi connectivity index (χ1v) is 6.74. The molecular formula is C11H6Br2N2O4. The Bertz CT molecular complexity index is 658. The summed E-state index contributed by atoms with van der Waals surface area (Å²) in [5, 5.41) is 14.5. The van der Waals surface area contributed by atoms with Crippen LogP contribution in [-0.4, -0.2) is 23.0 Å². The van der Waals surface area contributed by atoms with E-state index in [0.717, 1.165) is 4.47 Å². The van der Waals surface area contributed by atoms with Crippen molar-refractivity contribution < 1.29 is 19.4 Å². The predicted octanol–water partition coefficient (Wildman–Crippen LogP) is 1.47. The number of hydrogen-bond acceptors (Lipinski definition) is 4. The summed E-state index contributed by atoms with van der Waals surface area (Å²) in [6, 6.07) is 2.64. The topological polar surface area (TPSA) is 87.7 Å². The van der Waals surface area contributed by atoms with E-state index in [9.17, 15) is 14.7 Å². The summed E-state index contributed by atoms with van der Waals surface area (Å²) < 4.78 is 6.74. The zero-order valence-electron chi connectivity index (χ0n) is 9.16. The van der Waals surface area contributed by atoms with Crippen molar-refractivity contribution in [1.29, 1.82) is 0 Å². The Hall–Kier alpha value is -1.38. The van der Waals surface area contributed by atoms with Gasteiger partial charge in [0.2, 0.25) is 0 Å².